The monoisotopic (exact) mass is 342 g/mol. The molecule has 1 N–H and O–H groups in total. The molecule has 4 rings (SSSR count). The van der Waals surface area contributed by atoms with Crippen molar-refractivity contribution >= 4 is 29.4 Å². The van der Waals surface area contributed by atoms with E-state index in [0.29, 0.717) is 10.6 Å². The topological polar surface area (TPSA) is 87.6 Å². The lowest BCUT2D eigenvalue weighted by molar-refractivity contribution is -0.143. The first kappa shape index (κ1) is 14.8. The molecule has 1 aromatic heterocycles. The lowest BCUT2D eigenvalue weighted by Gasteiger charge is -2.23. The zero-order valence-corrected chi connectivity index (χ0v) is 13.0. The Bertz CT molecular complexity index is 878. The normalized spacial score (nSPS) is 24.9. The number of fused-ring (bicyclic) bond motifs is 1. The van der Waals surface area contributed by atoms with E-state index in [1.54, 1.807) is 18.2 Å². The van der Waals surface area contributed by atoms with E-state index in [2.05, 4.69) is 4.98 Å². The Morgan fingerprint density at radius 1 is 1.21 bits per heavy atom. The average Bonchev–Trinajstić information content (AvgIpc) is 3.26. The van der Waals surface area contributed by atoms with Gasteiger partial charge in [-0.05, 0) is 30.2 Å². The van der Waals surface area contributed by atoms with Crippen LogP contribution in [0.25, 0.3) is 0 Å². The van der Waals surface area contributed by atoms with E-state index in [1.165, 1.54) is 24.5 Å². The van der Waals surface area contributed by atoms with Gasteiger partial charge in [-0.2, -0.15) is 0 Å². The summed E-state index contributed by atoms with van der Waals surface area (Å²) in [5.41, 5.74) is -0.517. The third-order valence-corrected chi connectivity index (χ3v) is 4.83. The van der Waals surface area contributed by atoms with Gasteiger partial charge in [-0.15, -0.1) is 0 Å². The van der Waals surface area contributed by atoms with Crippen LogP contribution in [-0.4, -0.2) is 38.3 Å². The number of benzene rings is 1. The van der Waals surface area contributed by atoms with Gasteiger partial charge in [0, 0.05) is 18.3 Å². The summed E-state index contributed by atoms with van der Waals surface area (Å²) in [5.74, 6) is -2.88. The number of pyridine rings is 1. The molecular weight excluding hydrogens is 332 g/mol. The minimum absolute atomic E-state index is 0.149. The number of carboxylic acid groups (broad SMARTS) is 1. The summed E-state index contributed by atoms with van der Waals surface area (Å²) in [5, 5.41) is 10.2. The molecule has 0 saturated heterocycles. The molecule has 1 fully saturated rings. The summed E-state index contributed by atoms with van der Waals surface area (Å²) in [7, 11) is 0. The first-order valence-corrected chi connectivity index (χ1v) is 7.66. The maximum Gasteiger partial charge on any atom is 0.330 e. The maximum absolute atomic E-state index is 12.6. The number of carboxylic acids is 1. The van der Waals surface area contributed by atoms with Crippen LogP contribution in [0.15, 0.2) is 42.7 Å². The molecule has 1 saturated carbocycles. The van der Waals surface area contributed by atoms with Crippen molar-refractivity contribution in [1.29, 1.82) is 0 Å². The molecular formula is C17H11ClN2O4. The molecule has 6 nitrogen and oxygen atoms in total. The zero-order valence-electron chi connectivity index (χ0n) is 12.3. The van der Waals surface area contributed by atoms with Crippen molar-refractivity contribution in [3.05, 3.63) is 64.4 Å². The third-order valence-electron chi connectivity index (χ3n) is 4.62. The van der Waals surface area contributed by atoms with E-state index >= 15 is 0 Å². The Labute approximate surface area is 141 Å². The molecule has 120 valence electrons. The molecule has 0 spiro atoms. The van der Waals surface area contributed by atoms with Gasteiger partial charge in [0.1, 0.15) is 0 Å². The van der Waals surface area contributed by atoms with Gasteiger partial charge in [0.2, 0.25) is 0 Å². The van der Waals surface area contributed by atoms with Crippen molar-refractivity contribution in [3.8, 4) is 0 Å². The third kappa shape index (κ3) is 1.83. The first-order valence-electron chi connectivity index (χ1n) is 7.28. The molecule has 24 heavy (non-hydrogen) atoms. The summed E-state index contributed by atoms with van der Waals surface area (Å²) in [6.45, 7) is 0. The Morgan fingerprint density at radius 3 is 2.38 bits per heavy atom. The lowest BCUT2D eigenvalue weighted by atomic mass is 10.1. The van der Waals surface area contributed by atoms with Crippen LogP contribution in [0, 0.1) is 0 Å². The quantitative estimate of drug-likeness (QED) is 0.865. The van der Waals surface area contributed by atoms with Gasteiger partial charge < -0.3 is 5.11 Å². The predicted octanol–water partition coefficient (Wildman–Crippen LogP) is 2.34. The molecule has 0 radical (unpaired) electrons. The Hall–Kier alpha value is -2.73. The van der Waals surface area contributed by atoms with Crippen molar-refractivity contribution in [2.24, 2.45) is 0 Å². The molecule has 0 unspecified atom stereocenters. The molecule has 2 amide bonds. The van der Waals surface area contributed by atoms with Crippen LogP contribution in [0.2, 0.25) is 5.02 Å². The standard InChI is InChI=1S/C17H11ClN2O4/c18-10-5-9(7-19-8-10)13-6-17(13,16(23)24)20-14(21)11-3-1-2-4-12(11)15(20)22/h1-5,7-8,13H,6H2,(H,23,24)/t13-,17-/m0/s1. The van der Waals surface area contributed by atoms with Crippen LogP contribution in [-0.2, 0) is 4.79 Å². The second-order valence-corrected chi connectivity index (χ2v) is 6.35. The molecule has 1 aromatic carbocycles. The highest BCUT2D eigenvalue weighted by atomic mass is 35.5. The fraction of sp³-hybridized carbons (Fsp3) is 0.176. The molecule has 2 atom stereocenters. The van der Waals surface area contributed by atoms with Gasteiger partial charge in [0.05, 0.1) is 16.1 Å². The Kier molecular flexibility index (Phi) is 3.02. The van der Waals surface area contributed by atoms with Gasteiger partial charge >= 0.3 is 5.97 Å². The average molecular weight is 343 g/mol. The number of rotatable bonds is 3. The summed E-state index contributed by atoms with van der Waals surface area (Å²) >= 11 is 5.92. The summed E-state index contributed by atoms with van der Waals surface area (Å²) in [4.78, 5) is 42.1. The predicted molar refractivity (Wildman–Crippen MR) is 83.9 cm³/mol. The number of nitrogens with zero attached hydrogens (tertiary/aromatic N) is 2. The summed E-state index contributed by atoms with van der Waals surface area (Å²) < 4.78 is 0. The second kappa shape index (κ2) is 4.88. The van der Waals surface area contributed by atoms with Crippen LogP contribution in [0.3, 0.4) is 0 Å². The maximum atomic E-state index is 12.6. The summed E-state index contributed by atoms with van der Waals surface area (Å²) in [6, 6.07) is 7.97. The number of aromatic nitrogens is 1. The van der Waals surface area contributed by atoms with E-state index in [1.807, 2.05) is 0 Å². The lowest BCUT2D eigenvalue weighted by Crippen LogP contribution is -2.48. The highest BCUT2D eigenvalue weighted by Gasteiger charge is 2.69. The van der Waals surface area contributed by atoms with E-state index in [0.717, 1.165) is 4.90 Å². The number of imide groups is 1. The van der Waals surface area contributed by atoms with Crippen LogP contribution in [0.4, 0.5) is 0 Å². The van der Waals surface area contributed by atoms with Gasteiger partial charge in [0.15, 0.2) is 5.54 Å². The molecule has 7 heteroatoms. The number of carbonyl (C=O) groups is 3. The van der Waals surface area contributed by atoms with Gasteiger partial charge in [0.25, 0.3) is 11.8 Å². The number of carbonyl (C=O) groups excluding carboxylic acids is 2. The molecule has 2 aliphatic rings. The van der Waals surface area contributed by atoms with Crippen molar-refractivity contribution < 1.29 is 19.5 Å². The number of hydrogen-bond acceptors (Lipinski definition) is 4. The highest BCUT2D eigenvalue weighted by molar-refractivity contribution is 6.30. The largest absolute Gasteiger partial charge is 0.479 e. The molecule has 2 aromatic rings. The Morgan fingerprint density at radius 2 is 1.83 bits per heavy atom. The highest BCUT2D eigenvalue weighted by Crippen LogP contribution is 2.57. The van der Waals surface area contributed by atoms with Crippen molar-refractivity contribution in [2.75, 3.05) is 0 Å². The zero-order chi connectivity index (χ0) is 17.1. The van der Waals surface area contributed by atoms with Gasteiger partial charge in [-0.1, -0.05) is 23.7 Å². The SMILES string of the molecule is O=C1c2ccccc2C(=O)N1[C@@]1(C(=O)O)C[C@H]1c1cncc(Cl)c1. The van der Waals surface area contributed by atoms with E-state index in [4.69, 9.17) is 11.6 Å². The number of amides is 2. The van der Waals surface area contributed by atoms with E-state index < -0.39 is 29.2 Å². The smallest absolute Gasteiger partial charge is 0.330 e. The molecule has 0 bridgehead atoms. The van der Waals surface area contributed by atoms with Crippen molar-refractivity contribution in [1.82, 2.24) is 9.88 Å². The fourth-order valence-electron chi connectivity index (χ4n) is 3.40. The minimum Gasteiger partial charge on any atom is -0.479 e. The molecule has 1 aliphatic carbocycles. The van der Waals surface area contributed by atoms with Gasteiger partial charge in [-0.3, -0.25) is 19.5 Å². The number of halogens is 1. The summed E-state index contributed by atoms with van der Waals surface area (Å²) in [6.07, 6.45) is 3.10. The minimum atomic E-state index is -1.58. The van der Waals surface area contributed by atoms with Crippen LogP contribution in [0.5, 0.6) is 0 Å². The van der Waals surface area contributed by atoms with E-state index in [9.17, 15) is 19.5 Å². The van der Waals surface area contributed by atoms with Crippen LogP contribution < -0.4 is 0 Å². The number of aliphatic carboxylic acids is 1. The van der Waals surface area contributed by atoms with Crippen LogP contribution >= 0.6 is 11.6 Å². The number of hydrogen-bond donors (Lipinski definition) is 1. The second-order valence-electron chi connectivity index (χ2n) is 5.91. The van der Waals surface area contributed by atoms with Crippen LogP contribution in [0.1, 0.15) is 38.6 Å². The Balaban J connectivity index is 1.79. The van der Waals surface area contributed by atoms with Crippen molar-refractivity contribution in [3.63, 3.8) is 0 Å². The fourth-order valence-corrected chi connectivity index (χ4v) is 3.58. The van der Waals surface area contributed by atoms with E-state index in [-0.39, 0.29) is 17.5 Å². The van der Waals surface area contributed by atoms with Crippen molar-refractivity contribution in [2.45, 2.75) is 17.9 Å². The molecule has 1 aliphatic heterocycles. The van der Waals surface area contributed by atoms with Gasteiger partial charge in [-0.25, -0.2) is 4.79 Å². The molecule has 2 heterocycles. The first-order chi connectivity index (χ1) is 11.5.